The van der Waals surface area contributed by atoms with Gasteiger partial charge in [0.15, 0.2) is 0 Å². The molecule has 0 unspecified atom stereocenters. The summed E-state index contributed by atoms with van der Waals surface area (Å²) in [6.45, 7) is 3.55. The fourth-order valence-electron chi connectivity index (χ4n) is 3.05. The molecule has 1 fully saturated rings. The number of aryl methyl sites for hydroxylation is 1. The third-order valence-electron chi connectivity index (χ3n) is 4.38. The van der Waals surface area contributed by atoms with Gasteiger partial charge in [-0.25, -0.2) is 8.42 Å². The lowest BCUT2D eigenvalue weighted by Gasteiger charge is -2.34. The zero-order valence-corrected chi connectivity index (χ0v) is 16.2. The number of nitrogens with two attached hydrogens (primary N) is 1. The molecular weight excluding hydrogens is 376 g/mol. The topological polar surface area (TPSA) is 96.6 Å². The average molecular weight is 399 g/mol. The standard InChI is InChI=1S/C17H22N4O3S.ClH/c1-13-11-14-3-2-4-15(17(14)19-12-13)25(23,24)21-9-7-20(8-10-21)16(22)5-6-18;/h2-4,11-12H,5-10,18H2,1H3;1H. The molecule has 1 aromatic carbocycles. The van der Waals surface area contributed by atoms with Crippen molar-refractivity contribution in [2.45, 2.75) is 18.2 Å². The number of carbonyl (C=O) groups excluding carboxylic acids is 1. The third kappa shape index (κ3) is 3.98. The first kappa shape index (κ1) is 20.6. The first-order valence-corrected chi connectivity index (χ1v) is 9.71. The Labute approximate surface area is 159 Å². The van der Waals surface area contributed by atoms with Crippen molar-refractivity contribution in [2.75, 3.05) is 32.7 Å². The highest BCUT2D eigenvalue weighted by molar-refractivity contribution is 7.89. The molecule has 1 aliphatic heterocycles. The summed E-state index contributed by atoms with van der Waals surface area (Å²) in [5.41, 5.74) is 6.87. The van der Waals surface area contributed by atoms with E-state index in [1.165, 1.54) is 4.31 Å². The monoisotopic (exact) mass is 398 g/mol. The Bertz CT molecular complexity index is 896. The van der Waals surface area contributed by atoms with E-state index in [1.807, 2.05) is 19.1 Å². The van der Waals surface area contributed by atoms with Crippen molar-refractivity contribution in [3.8, 4) is 0 Å². The molecule has 9 heteroatoms. The van der Waals surface area contributed by atoms with E-state index >= 15 is 0 Å². The van der Waals surface area contributed by atoms with Crippen LogP contribution in [-0.2, 0) is 14.8 Å². The molecule has 2 aromatic rings. The van der Waals surface area contributed by atoms with Crippen LogP contribution in [0.25, 0.3) is 10.9 Å². The highest BCUT2D eigenvalue weighted by Crippen LogP contribution is 2.25. The molecule has 26 heavy (non-hydrogen) atoms. The summed E-state index contributed by atoms with van der Waals surface area (Å²) in [7, 11) is -3.65. The second-order valence-electron chi connectivity index (χ2n) is 6.16. The Morgan fingerprint density at radius 3 is 2.58 bits per heavy atom. The van der Waals surface area contributed by atoms with Crippen LogP contribution in [0.1, 0.15) is 12.0 Å². The average Bonchev–Trinajstić information content (AvgIpc) is 2.61. The number of sulfonamides is 1. The van der Waals surface area contributed by atoms with E-state index in [-0.39, 0.29) is 36.3 Å². The minimum atomic E-state index is -3.65. The van der Waals surface area contributed by atoms with E-state index in [1.54, 1.807) is 23.2 Å². The van der Waals surface area contributed by atoms with Crippen LogP contribution in [0.15, 0.2) is 35.4 Å². The number of amides is 1. The summed E-state index contributed by atoms with van der Waals surface area (Å²) in [4.78, 5) is 18.1. The lowest BCUT2D eigenvalue weighted by atomic mass is 10.2. The molecule has 0 bridgehead atoms. The van der Waals surface area contributed by atoms with Crippen LogP contribution >= 0.6 is 12.4 Å². The van der Waals surface area contributed by atoms with E-state index < -0.39 is 10.0 Å². The summed E-state index contributed by atoms with van der Waals surface area (Å²) in [6.07, 6.45) is 1.96. The van der Waals surface area contributed by atoms with Crippen LogP contribution in [0.3, 0.4) is 0 Å². The van der Waals surface area contributed by atoms with E-state index in [0.29, 0.717) is 31.6 Å². The number of carbonyl (C=O) groups is 1. The van der Waals surface area contributed by atoms with Crippen LogP contribution < -0.4 is 5.73 Å². The molecule has 2 heterocycles. The van der Waals surface area contributed by atoms with E-state index in [4.69, 9.17) is 5.73 Å². The molecule has 1 aliphatic rings. The summed E-state index contributed by atoms with van der Waals surface area (Å²) in [5, 5.41) is 0.804. The molecule has 0 aliphatic carbocycles. The third-order valence-corrected chi connectivity index (χ3v) is 6.31. The van der Waals surface area contributed by atoms with Crippen molar-refractivity contribution in [1.29, 1.82) is 0 Å². The number of benzene rings is 1. The van der Waals surface area contributed by atoms with Crippen LogP contribution in [-0.4, -0.2) is 61.2 Å². The molecule has 1 amide bonds. The Kier molecular flexibility index (Phi) is 6.57. The number of hydrogen-bond acceptors (Lipinski definition) is 5. The van der Waals surface area contributed by atoms with Crippen LogP contribution in [0.4, 0.5) is 0 Å². The predicted molar refractivity (Wildman–Crippen MR) is 103 cm³/mol. The van der Waals surface area contributed by atoms with Gasteiger partial charge in [0.05, 0.1) is 5.52 Å². The van der Waals surface area contributed by atoms with Gasteiger partial charge in [-0.1, -0.05) is 12.1 Å². The van der Waals surface area contributed by atoms with Gasteiger partial charge in [0.2, 0.25) is 15.9 Å². The highest BCUT2D eigenvalue weighted by atomic mass is 35.5. The maximum absolute atomic E-state index is 13.1. The second kappa shape index (κ2) is 8.30. The number of rotatable bonds is 4. The van der Waals surface area contributed by atoms with Gasteiger partial charge < -0.3 is 10.6 Å². The zero-order chi connectivity index (χ0) is 18.0. The smallest absolute Gasteiger partial charge is 0.245 e. The Hall–Kier alpha value is -1.74. The molecule has 3 rings (SSSR count). The van der Waals surface area contributed by atoms with Crippen molar-refractivity contribution >= 4 is 39.2 Å². The Balaban J connectivity index is 0.00000243. The number of para-hydroxylation sites is 1. The quantitative estimate of drug-likeness (QED) is 0.833. The van der Waals surface area contributed by atoms with Gasteiger partial charge in [0.1, 0.15) is 4.90 Å². The number of halogens is 1. The molecule has 7 nitrogen and oxygen atoms in total. The summed E-state index contributed by atoms with van der Waals surface area (Å²) >= 11 is 0. The largest absolute Gasteiger partial charge is 0.340 e. The number of hydrogen-bond donors (Lipinski definition) is 1. The highest BCUT2D eigenvalue weighted by Gasteiger charge is 2.31. The molecule has 0 radical (unpaired) electrons. The van der Waals surface area contributed by atoms with Gasteiger partial charge in [-0.3, -0.25) is 9.78 Å². The van der Waals surface area contributed by atoms with Crippen LogP contribution in [0, 0.1) is 6.92 Å². The SMILES string of the molecule is Cc1cnc2c(S(=O)(=O)N3CCN(C(=O)CCN)CC3)cccc2c1.Cl. The second-order valence-corrected chi connectivity index (χ2v) is 8.07. The number of pyridine rings is 1. The number of nitrogens with zero attached hydrogens (tertiary/aromatic N) is 3. The van der Waals surface area contributed by atoms with Gasteiger partial charge in [-0.2, -0.15) is 4.31 Å². The van der Waals surface area contributed by atoms with Gasteiger partial charge in [-0.15, -0.1) is 12.4 Å². The first-order valence-electron chi connectivity index (χ1n) is 8.27. The predicted octanol–water partition coefficient (Wildman–Crippen LogP) is 1.15. The van der Waals surface area contributed by atoms with Crippen LogP contribution in [0.2, 0.25) is 0 Å². The summed E-state index contributed by atoms with van der Waals surface area (Å²) < 4.78 is 27.5. The van der Waals surface area contributed by atoms with Gasteiger partial charge in [0.25, 0.3) is 0 Å². The van der Waals surface area contributed by atoms with Gasteiger partial charge in [-0.05, 0) is 24.6 Å². The van der Waals surface area contributed by atoms with Gasteiger partial charge >= 0.3 is 0 Å². The van der Waals surface area contributed by atoms with E-state index in [2.05, 4.69) is 4.98 Å². The molecule has 142 valence electrons. The molecule has 0 spiro atoms. The Morgan fingerprint density at radius 1 is 1.23 bits per heavy atom. The Morgan fingerprint density at radius 2 is 1.92 bits per heavy atom. The normalized spacial score (nSPS) is 15.7. The maximum atomic E-state index is 13.1. The van der Waals surface area contributed by atoms with Crippen molar-refractivity contribution < 1.29 is 13.2 Å². The molecule has 2 N–H and O–H groups in total. The molecule has 1 saturated heterocycles. The number of aromatic nitrogens is 1. The number of piperazine rings is 1. The molecule has 0 saturated carbocycles. The minimum Gasteiger partial charge on any atom is -0.340 e. The summed E-state index contributed by atoms with van der Waals surface area (Å²) in [5.74, 6) is -0.0261. The molecule has 1 aromatic heterocycles. The first-order chi connectivity index (χ1) is 11.9. The number of fused-ring (bicyclic) bond motifs is 1. The van der Waals surface area contributed by atoms with Crippen molar-refractivity contribution in [3.63, 3.8) is 0 Å². The molecule has 0 atom stereocenters. The van der Waals surface area contributed by atoms with Crippen molar-refractivity contribution in [2.24, 2.45) is 5.73 Å². The van der Waals surface area contributed by atoms with Crippen molar-refractivity contribution in [3.05, 3.63) is 36.0 Å². The van der Waals surface area contributed by atoms with Gasteiger partial charge in [0, 0.05) is 50.7 Å². The van der Waals surface area contributed by atoms with E-state index in [0.717, 1.165) is 10.9 Å². The lowest BCUT2D eigenvalue weighted by Crippen LogP contribution is -2.50. The fourth-order valence-corrected chi connectivity index (χ4v) is 4.64. The zero-order valence-electron chi connectivity index (χ0n) is 14.6. The minimum absolute atomic E-state index is 0. The van der Waals surface area contributed by atoms with Crippen molar-refractivity contribution in [1.82, 2.24) is 14.2 Å². The maximum Gasteiger partial charge on any atom is 0.245 e. The summed E-state index contributed by atoms with van der Waals surface area (Å²) in [6, 6.07) is 7.10. The van der Waals surface area contributed by atoms with E-state index in [9.17, 15) is 13.2 Å². The lowest BCUT2D eigenvalue weighted by molar-refractivity contribution is -0.132. The fraction of sp³-hybridized carbons (Fsp3) is 0.412. The van der Waals surface area contributed by atoms with Crippen LogP contribution in [0.5, 0.6) is 0 Å². The molecular formula is C17H23ClN4O3S.